The molecular formula is C22H27N3O4. The molecule has 0 unspecified atom stereocenters. The van der Waals surface area contributed by atoms with Crippen LogP contribution >= 0.6 is 0 Å². The lowest BCUT2D eigenvalue weighted by atomic mass is 9.78. The van der Waals surface area contributed by atoms with E-state index in [1.54, 1.807) is 17.0 Å². The number of allylic oxidation sites excluding steroid dienone is 2. The molecule has 0 atom stereocenters. The standard InChI is InChI=1S/C22H27N3O4/c1-15-4-5-19-18(10-15)25(21(28)29-19)14-20(27)24-8-6-23(7-9-24)16-11-17(26)13-22(2,3)12-16/h4-5,10-11H,6-9,12-14H2,1-3H3. The maximum atomic E-state index is 12.8. The number of aromatic nitrogens is 1. The molecule has 7 heteroatoms. The lowest BCUT2D eigenvalue weighted by molar-refractivity contribution is -0.133. The van der Waals surface area contributed by atoms with Crippen LogP contribution in [-0.4, -0.2) is 52.2 Å². The number of ketones is 1. The van der Waals surface area contributed by atoms with E-state index >= 15 is 0 Å². The Labute approximate surface area is 169 Å². The van der Waals surface area contributed by atoms with Gasteiger partial charge in [-0.2, -0.15) is 0 Å². The van der Waals surface area contributed by atoms with Crippen molar-refractivity contribution < 1.29 is 14.0 Å². The molecule has 0 bridgehead atoms. The number of carbonyl (C=O) groups excluding carboxylic acids is 2. The molecule has 1 aromatic carbocycles. The second-order valence-electron chi connectivity index (χ2n) is 8.91. The average Bonchev–Trinajstić information content (AvgIpc) is 2.95. The summed E-state index contributed by atoms with van der Waals surface area (Å²) in [6, 6.07) is 5.49. The highest BCUT2D eigenvalue weighted by atomic mass is 16.4. The van der Waals surface area contributed by atoms with Crippen molar-refractivity contribution in [2.24, 2.45) is 5.41 Å². The minimum absolute atomic E-state index is 0.0181. The number of fused-ring (bicyclic) bond motifs is 1. The minimum atomic E-state index is -0.509. The predicted molar refractivity (Wildman–Crippen MR) is 109 cm³/mol. The molecule has 1 fully saturated rings. The van der Waals surface area contributed by atoms with Crippen molar-refractivity contribution in [2.45, 2.75) is 40.2 Å². The third kappa shape index (κ3) is 3.99. The number of rotatable bonds is 3. The zero-order valence-corrected chi connectivity index (χ0v) is 17.2. The molecule has 1 saturated heterocycles. The monoisotopic (exact) mass is 397 g/mol. The van der Waals surface area contributed by atoms with E-state index in [-0.39, 0.29) is 23.7 Å². The van der Waals surface area contributed by atoms with Gasteiger partial charge in [-0.1, -0.05) is 19.9 Å². The summed E-state index contributed by atoms with van der Waals surface area (Å²) < 4.78 is 6.66. The SMILES string of the molecule is Cc1ccc2oc(=O)n(CC(=O)N3CCN(C4=CC(=O)CC(C)(C)C4)CC3)c2c1. The molecule has 1 aliphatic carbocycles. The summed E-state index contributed by atoms with van der Waals surface area (Å²) in [5, 5.41) is 0. The highest BCUT2D eigenvalue weighted by molar-refractivity contribution is 5.91. The van der Waals surface area contributed by atoms with Crippen LogP contribution in [0.2, 0.25) is 0 Å². The molecule has 2 aliphatic rings. The van der Waals surface area contributed by atoms with Gasteiger partial charge in [0.2, 0.25) is 5.91 Å². The second kappa shape index (κ2) is 7.21. The van der Waals surface area contributed by atoms with Crippen molar-refractivity contribution in [1.29, 1.82) is 0 Å². The van der Waals surface area contributed by atoms with E-state index in [0.717, 1.165) is 17.7 Å². The number of oxazole rings is 1. The van der Waals surface area contributed by atoms with E-state index in [1.807, 2.05) is 19.1 Å². The quantitative estimate of drug-likeness (QED) is 0.795. The summed E-state index contributed by atoms with van der Waals surface area (Å²) in [6.45, 7) is 8.70. The van der Waals surface area contributed by atoms with Crippen LogP contribution in [0, 0.1) is 12.3 Å². The van der Waals surface area contributed by atoms with Crippen LogP contribution in [0.4, 0.5) is 0 Å². The fourth-order valence-electron chi connectivity index (χ4n) is 4.32. The largest absolute Gasteiger partial charge is 0.420 e. The smallest absolute Gasteiger partial charge is 0.408 e. The molecule has 0 N–H and O–H groups in total. The Morgan fingerprint density at radius 3 is 2.52 bits per heavy atom. The third-order valence-electron chi connectivity index (χ3n) is 5.79. The van der Waals surface area contributed by atoms with Gasteiger partial charge in [0.05, 0.1) is 5.52 Å². The zero-order valence-electron chi connectivity index (χ0n) is 17.2. The van der Waals surface area contributed by atoms with Gasteiger partial charge in [-0.3, -0.25) is 14.2 Å². The van der Waals surface area contributed by atoms with Crippen molar-refractivity contribution >= 4 is 22.8 Å². The molecule has 0 radical (unpaired) electrons. The Balaban J connectivity index is 1.43. The molecule has 1 amide bonds. The lowest BCUT2D eigenvalue weighted by Crippen LogP contribution is -2.50. The van der Waals surface area contributed by atoms with Crippen molar-refractivity contribution in [2.75, 3.05) is 26.2 Å². The van der Waals surface area contributed by atoms with Crippen LogP contribution in [-0.2, 0) is 16.1 Å². The Morgan fingerprint density at radius 2 is 1.83 bits per heavy atom. The zero-order chi connectivity index (χ0) is 20.8. The highest BCUT2D eigenvalue weighted by Crippen LogP contribution is 2.35. The summed E-state index contributed by atoms with van der Waals surface area (Å²) in [5.74, 6) is -0.424. The van der Waals surface area contributed by atoms with Crippen molar-refractivity contribution in [3.05, 3.63) is 46.1 Å². The first-order valence-corrected chi connectivity index (χ1v) is 10.1. The number of benzene rings is 1. The number of carbonyl (C=O) groups is 2. The fraction of sp³-hybridized carbons (Fsp3) is 0.500. The maximum absolute atomic E-state index is 12.8. The van der Waals surface area contributed by atoms with Gasteiger partial charge >= 0.3 is 5.76 Å². The molecule has 29 heavy (non-hydrogen) atoms. The fourth-order valence-corrected chi connectivity index (χ4v) is 4.32. The normalized spacial score (nSPS) is 19.6. The lowest BCUT2D eigenvalue weighted by Gasteiger charge is -2.40. The molecule has 7 nitrogen and oxygen atoms in total. The molecule has 0 saturated carbocycles. The van der Waals surface area contributed by atoms with Crippen LogP contribution in [0.1, 0.15) is 32.3 Å². The van der Waals surface area contributed by atoms with Crippen LogP contribution in [0.25, 0.3) is 11.1 Å². The molecule has 0 spiro atoms. The van der Waals surface area contributed by atoms with Crippen LogP contribution in [0.3, 0.4) is 0 Å². The van der Waals surface area contributed by atoms with Gasteiger partial charge in [0.15, 0.2) is 11.4 Å². The number of piperazine rings is 1. The second-order valence-corrected chi connectivity index (χ2v) is 8.91. The summed E-state index contributed by atoms with van der Waals surface area (Å²) in [5.41, 5.74) is 3.21. The summed E-state index contributed by atoms with van der Waals surface area (Å²) >= 11 is 0. The highest BCUT2D eigenvalue weighted by Gasteiger charge is 2.31. The first-order valence-electron chi connectivity index (χ1n) is 10.1. The van der Waals surface area contributed by atoms with Gasteiger partial charge in [-0.25, -0.2) is 4.79 Å². The molecule has 2 heterocycles. The maximum Gasteiger partial charge on any atom is 0.420 e. The number of hydrogen-bond donors (Lipinski definition) is 0. The van der Waals surface area contributed by atoms with E-state index in [0.29, 0.717) is 43.7 Å². The molecular weight excluding hydrogens is 370 g/mol. The van der Waals surface area contributed by atoms with Gasteiger partial charge in [-0.05, 0) is 36.5 Å². The van der Waals surface area contributed by atoms with E-state index in [1.165, 1.54) is 4.57 Å². The first kappa shape index (κ1) is 19.5. The van der Waals surface area contributed by atoms with Crippen molar-refractivity contribution in [1.82, 2.24) is 14.4 Å². The van der Waals surface area contributed by atoms with E-state index in [9.17, 15) is 14.4 Å². The Bertz CT molecular complexity index is 1050. The molecule has 154 valence electrons. The van der Waals surface area contributed by atoms with E-state index in [4.69, 9.17) is 4.42 Å². The van der Waals surface area contributed by atoms with Crippen molar-refractivity contribution in [3.8, 4) is 0 Å². The number of aryl methyl sites for hydroxylation is 1. The van der Waals surface area contributed by atoms with Gasteiger partial charge < -0.3 is 14.2 Å². The van der Waals surface area contributed by atoms with E-state index < -0.39 is 5.76 Å². The Hall–Kier alpha value is -2.83. The number of hydrogen-bond acceptors (Lipinski definition) is 5. The minimum Gasteiger partial charge on any atom is -0.408 e. The van der Waals surface area contributed by atoms with Gasteiger partial charge in [0.25, 0.3) is 0 Å². The third-order valence-corrected chi connectivity index (χ3v) is 5.79. The average molecular weight is 397 g/mol. The van der Waals surface area contributed by atoms with Crippen molar-refractivity contribution in [3.63, 3.8) is 0 Å². The van der Waals surface area contributed by atoms with Crippen LogP contribution in [0.15, 0.2) is 39.2 Å². The molecule has 1 aromatic heterocycles. The molecule has 2 aromatic rings. The summed E-state index contributed by atoms with van der Waals surface area (Å²) in [4.78, 5) is 41.1. The van der Waals surface area contributed by atoms with Gasteiger partial charge in [-0.15, -0.1) is 0 Å². The van der Waals surface area contributed by atoms with Gasteiger partial charge in [0.1, 0.15) is 6.54 Å². The van der Waals surface area contributed by atoms with E-state index in [2.05, 4.69) is 18.7 Å². The first-order chi connectivity index (χ1) is 13.7. The van der Waals surface area contributed by atoms with Crippen LogP contribution in [0.5, 0.6) is 0 Å². The predicted octanol–water partition coefficient (Wildman–Crippen LogP) is 2.32. The molecule has 1 aliphatic heterocycles. The number of amides is 1. The Morgan fingerprint density at radius 1 is 1.10 bits per heavy atom. The van der Waals surface area contributed by atoms with Gasteiger partial charge in [0, 0.05) is 44.4 Å². The van der Waals surface area contributed by atoms with Crippen LogP contribution < -0.4 is 5.76 Å². The summed E-state index contributed by atoms with van der Waals surface area (Å²) in [7, 11) is 0. The summed E-state index contributed by atoms with van der Waals surface area (Å²) in [6.07, 6.45) is 3.23. The number of nitrogens with zero attached hydrogens (tertiary/aromatic N) is 3. The topological polar surface area (TPSA) is 75.8 Å². The molecule has 4 rings (SSSR count). The Kier molecular flexibility index (Phi) is 4.84.